The van der Waals surface area contributed by atoms with Crippen LogP contribution in [0.5, 0.6) is 0 Å². The lowest BCUT2D eigenvalue weighted by molar-refractivity contribution is 0.0931. The molecule has 4 nitrogen and oxygen atoms in total. The Morgan fingerprint density at radius 1 is 1.32 bits per heavy atom. The molecule has 0 aliphatic carbocycles. The van der Waals surface area contributed by atoms with E-state index in [1.807, 2.05) is 0 Å². The van der Waals surface area contributed by atoms with Crippen molar-refractivity contribution in [3.05, 3.63) is 35.4 Å². The van der Waals surface area contributed by atoms with Crippen LogP contribution in [0.4, 0.5) is 0 Å². The molecule has 1 heterocycles. The second-order valence-corrected chi connectivity index (χ2v) is 5.02. The number of hydrogen-bond donors (Lipinski definition) is 2. The maximum Gasteiger partial charge on any atom is 0.252 e. The van der Waals surface area contributed by atoms with E-state index in [4.69, 9.17) is 0 Å². The van der Waals surface area contributed by atoms with Gasteiger partial charge in [0.25, 0.3) is 5.91 Å². The summed E-state index contributed by atoms with van der Waals surface area (Å²) in [5, 5.41) is 6.26. The average Bonchev–Trinajstić information content (AvgIpc) is 2.46. The van der Waals surface area contributed by atoms with Crippen LogP contribution in [0, 0.1) is 5.92 Å². The molecule has 0 saturated carbocycles. The van der Waals surface area contributed by atoms with Gasteiger partial charge in [0.2, 0.25) is 0 Å². The quantitative estimate of drug-likeness (QED) is 0.809. The molecule has 1 aliphatic heterocycles. The molecule has 1 aliphatic rings. The predicted molar refractivity (Wildman–Crippen MR) is 74.4 cm³/mol. The maximum absolute atomic E-state index is 12.1. The van der Waals surface area contributed by atoms with E-state index in [9.17, 15) is 9.59 Å². The largest absolute Gasteiger partial charge is 0.352 e. The lowest BCUT2D eigenvalue weighted by Crippen LogP contribution is -2.38. The number of piperidine rings is 1. The van der Waals surface area contributed by atoms with Crippen LogP contribution in [-0.4, -0.2) is 31.3 Å². The fourth-order valence-electron chi connectivity index (χ4n) is 2.42. The second-order valence-electron chi connectivity index (χ2n) is 5.02. The molecule has 2 N–H and O–H groups in total. The zero-order valence-electron chi connectivity index (χ0n) is 11.2. The van der Waals surface area contributed by atoms with Crippen molar-refractivity contribution in [1.82, 2.24) is 10.6 Å². The van der Waals surface area contributed by atoms with Crippen molar-refractivity contribution in [3.63, 3.8) is 0 Å². The molecule has 1 fully saturated rings. The Hall–Kier alpha value is -1.68. The summed E-state index contributed by atoms with van der Waals surface area (Å²) in [5.74, 6) is 0.253. The monoisotopic (exact) mass is 260 g/mol. The first-order valence-electron chi connectivity index (χ1n) is 6.77. The Morgan fingerprint density at radius 3 is 2.68 bits per heavy atom. The minimum atomic E-state index is -0.156. The first-order chi connectivity index (χ1) is 9.18. The van der Waals surface area contributed by atoms with Gasteiger partial charge in [0, 0.05) is 12.1 Å². The third-order valence-corrected chi connectivity index (χ3v) is 3.50. The summed E-state index contributed by atoms with van der Waals surface area (Å²) >= 11 is 0. The first-order valence-corrected chi connectivity index (χ1v) is 6.77. The van der Waals surface area contributed by atoms with Gasteiger partial charge in [-0.2, -0.15) is 0 Å². The average molecular weight is 260 g/mol. The van der Waals surface area contributed by atoms with Gasteiger partial charge < -0.3 is 10.6 Å². The van der Waals surface area contributed by atoms with Crippen LogP contribution in [0.1, 0.15) is 40.5 Å². The third-order valence-electron chi connectivity index (χ3n) is 3.50. The van der Waals surface area contributed by atoms with Crippen molar-refractivity contribution in [2.45, 2.75) is 19.8 Å². The van der Waals surface area contributed by atoms with Crippen molar-refractivity contribution in [2.24, 2.45) is 5.92 Å². The van der Waals surface area contributed by atoms with Crippen molar-refractivity contribution in [2.75, 3.05) is 19.6 Å². The van der Waals surface area contributed by atoms with Gasteiger partial charge in [-0.25, -0.2) is 0 Å². The van der Waals surface area contributed by atoms with Crippen LogP contribution in [0.25, 0.3) is 0 Å². The zero-order chi connectivity index (χ0) is 13.7. The number of hydrogen-bond acceptors (Lipinski definition) is 3. The van der Waals surface area contributed by atoms with Gasteiger partial charge in [-0.15, -0.1) is 0 Å². The Labute approximate surface area is 113 Å². The molecule has 0 aromatic heterocycles. The molecule has 1 aromatic carbocycles. The standard InChI is InChI=1S/C15H20N2O2/c1-11(18)13-6-2-3-7-14(13)15(19)17-10-12-5-4-8-16-9-12/h2-3,6-7,12,16H,4-5,8-10H2,1H3,(H,17,19). The third kappa shape index (κ3) is 3.64. The van der Waals surface area contributed by atoms with Gasteiger partial charge in [0.15, 0.2) is 5.78 Å². The van der Waals surface area contributed by atoms with Crippen LogP contribution >= 0.6 is 0 Å². The maximum atomic E-state index is 12.1. The van der Waals surface area contributed by atoms with Gasteiger partial charge in [-0.3, -0.25) is 9.59 Å². The van der Waals surface area contributed by atoms with Crippen molar-refractivity contribution >= 4 is 11.7 Å². The van der Waals surface area contributed by atoms with E-state index >= 15 is 0 Å². The topological polar surface area (TPSA) is 58.2 Å². The van der Waals surface area contributed by atoms with Crippen LogP contribution in [-0.2, 0) is 0 Å². The molecule has 102 valence electrons. The molecule has 19 heavy (non-hydrogen) atoms. The lowest BCUT2D eigenvalue weighted by atomic mass is 9.99. The molecule has 0 bridgehead atoms. The van der Waals surface area contributed by atoms with Gasteiger partial charge in [0.1, 0.15) is 0 Å². The Bertz CT molecular complexity index is 465. The van der Waals surface area contributed by atoms with Crippen LogP contribution in [0.15, 0.2) is 24.3 Å². The van der Waals surface area contributed by atoms with E-state index < -0.39 is 0 Å². The number of Topliss-reactive ketones (excluding diaryl/α,β-unsaturated/α-hetero) is 1. The zero-order valence-corrected chi connectivity index (χ0v) is 11.2. The van der Waals surface area contributed by atoms with Gasteiger partial charge in [-0.05, 0) is 44.8 Å². The lowest BCUT2D eigenvalue weighted by Gasteiger charge is -2.23. The molecule has 1 saturated heterocycles. The summed E-state index contributed by atoms with van der Waals surface area (Å²) < 4.78 is 0. The number of carbonyl (C=O) groups excluding carboxylic acids is 2. The number of carbonyl (C=O) groups is 2. The van der Waals surface area contributed by atoms with Crippen molar-refractivity contribution < 1.29 is 9.59 Å². The number of benzene rings is 1. The summed E-state index contributed by atoms with van der Waals surface area (Å²) in [6, 6.07) is 6.95. The van der Waals surface area contributed by atoms with Crippen LogP contribution in [0.2, 0.25) is 0 Å². The minimum absolute atomic E-state index is 0.0786. The Morgan fingerprint density at radius 2 is 2.05 bits per heavy atom. The normalized spacial score (nSPS) is 18.9. The molecule has 0 radical (unpaired) electrons. The first kappa shape index (κ1) is 13.7. The van der Waals surface area contributed by atoms with E-state index in [0.717, 1.165) is 25.9 Å². The molecule has 1 amide bonds. The fraction of sp³-hybridized carbons (Fsp3) is 0.467. The number of nitrogens with one attached hydrogen (secondary N) is 2. The highest BCUT2D eigenvalue weighted by atomic mass is 16.2. The number of rotatable bonds is 4. The Kier molecular flexibility index (Phi) is 4.68. The minimum Gasteiger partial charge on any atom is -0.352 e. The smallest absolute Gasteiger partial charge is 0.252 e. The van der Waals surface area contributed by atoms with Crippen molar-refractivity contribution in [3.8, 4) is 0 Å². The van der Waals surface area contributed by atoms with E-state index in [2.05, 4.69) is 10.6 Å². The summed E-state index contributed by atoms with van der Waals surface area (Å²) in [7, 11) is 0. The summed E-state index contributed by atoms with van der Waals surface area (Å²) in [4.78, 5) is 23.6. The molecular weight excluding hydrogens is 240 g/mol. The molecule has 1 aromatic rings. The summed E-state index contributed by atoms with van der Waals surface area (Å²) in [6.07, 6.45) is 2.30. The van der Waals surface area contributed by atoms with Crippen LogP contribution in [0.3, 0.4) is 0 Å². The molecule has 2 rings (SSSR count). The highest BCUT2D eigenvalue weighted by molar-refractivity contribution is 6.07. The molecule has 4 heteroatoms. The van der Waals surface area contributed by atoms with E-state index in [1.54, 1.807) is 24.3 Å². The highest BCUT2D eigenvalue weighted by Crippen LogP contribution is 2.11. The highest BCUT2D eigenvalue weighted by Gasteiger charge is 2.17. The van der Waals surface area contributed by atoms with E-state index in [0.29, 0.717) is 23.6 Å². The Balaban J connectivity index is 1.97. The van der Waals surface area contributed by atoms with E-state index in [1.165, 1.54) is 6.92 Å². The molecule has 0 spiro atoms. The van der Waals surface area contributed by atoms with E-state index in [-0.39, 0.29) is 11.7 Å². The molecular formula is C15H20N2O2. The number of amides is 1. The van der Waals surface area contributed by atoms with Gasteiger partial charge in [-0.1, -0.05) is 18.2 Å². The van der Waals surface area contributed by atoms with Crippen LogP contribution < -0.4 is 10.6 Å². The van der Waals surface area contributed by atoms with Gasteiger partial charge >= 0.3 is 0 Å². The number of ketones is 1. The fourth-order valence-corrected chi connectivity index (χ4v) is 2.42. The molecule has 1 unspecified atom stereocenters. The summed E-state index contributed by atoms with van der Waals surface area (Å²) in [5.41, 5.74) is 0.959. The van der Waals surface area contributed by atoms with Gasteiger partial charge in [0.05, 0.1) is 5.56 Å². The van der Waals surface area contributed by atoms with Crippen molar-refractivity contribution in [1.29, 1.82) is 0 Å². The summed E-state index contributed by atoms with van der Waals surface area (Å²) in [6.45, 7) is 4.17. The second kappa shape index (κ2) is 6.48. The predicted octanol–water partition coefficient (Wildman–Crippen LogP) is 1.62. The molecule has 1 atom stereocenters. The SMILES string of the molecule is CC(=O)c1ccccc1C(=O)NCC1CCCNC1.